The lowest BCUT2D eigenvalue weighted by atomic mass is 9.74. The highest BCUT2D eigenvalue weighted by molar-refractivity contribution is 5.45. The van der Waals surface area contributed by atoms with Crippen LogP contribution in [0.15, 0.2) is 18.3 Å². The third kappa shape index (κ3) is 3.42. The Morgan fingerprint density at radius 3 is 2.55 bits per heavy atom. The van der Waals surface area contributed by atoms with Gasteiger partial charge in [-0.2, -0.15) is 13.2 Å². The molecule has 6 heteroatoms. The summed E-state index contributed by atoms with van der Waals surface area (Å²) in [6, 6.07) is 2.29. The Hall–Kier alpha value is -1.30. The van der Waals surface area contributed by atoms with Crippen LogP contribution in [0.1, 0.15) is 37.7 Å². The summed E-state index contributed by atoms with van der Waals surface area (Å²) in [6.45, 7) is 0.317. The Morgan fingerprint density at radius 1 is 1.25 bits per heavy atom. The normalized spacial score (nSPS) is 18.8. The molecule has 1 aliphatic carbocycles. The lowest BCUT2D eigenvalue weighted by molar-refractivity contribution is -0.137. The summed E-state index contributed by atoms with van der Waals surface area (Å²) in [5.74, 6) is -0.154. The van der Waals surface area contributed by atoms with Crippen LogP contribution >= 0.6 is 0 Å². The van der Waals surface area contributed by atoms with Crippen molar-refractivity contribution in [3.8, 4) is 0 Å². The summed E-state index contributed by atoms with van der Waals surface area (Å²) in [4.78, 5) is 3.78. The molecule has 20 heavy (non-hydrogen) atoms. The van der Waals surface area contributed by atoms with Gasteiger partial charge in [0.2, 0.25) is 0 Å². The summed E-state index contributed by atoms with van der Waals surface area (Å²) in [6.07, 6.45) is 1.74. The molecule has 0 aromatic carbocycles. The van der Waals surface area contributed by atoms with Gasteiger partial charge in [0, 0.05) is 18.2 Å². The first kappa shape index (κ1) is 15.1. The molecule has 0 amide bonds. The van der Waals surface area contributed by atoms with Gasteiger partial charge in [-0.3, -0.25) is 0 Å². The Balaban J connectivity index is 2.10. The molecule has 1 aliphatic rings. The molecular formula is C14H19F3N2O. The molecule has 0 saturated heterocycles. The van der Waals surface area contributed by atoms with Crippen LogP contribution in [0.3, 0.4) is 0 Å². The van der Waals surface area contributed by atoms with Crippen molar-refractivity contribution in [1.82, 2.24) is 4.98 Å². The molecule has 2 N–H and O–H groups in total. The number of hydrogen-bond donors (Lipinski definition) is 2. The van der Waals surface area contributed by atoms with Crippen molar-refractivity contribution in [2.45, 2.75) is 38.3 Å². The van der Waals surface area contributed by atoms with Gasteiger partial charge in [0.15, 0.2) is 0 Å². The van der Waals surface area contributed by atoms with Crippen molar-refractivity contribution in [2.75, 3.05) is 18.5 Å². The summed E-state index contributed by atoms with van der Waals surface area (Å²) in [5.41, 5.74) is -1.08. The zero-order chi connectivity index (χ0) is 14.6. The first-order valence-electron chi connectivity index (χ1n) is 6.84. The fourth-order valence-corrected chi connectivity index (χ4v) is 2.74. The molecule has 0 atom stereocenters. The quantitative estimate of drug-likeness (QED) is 0.892. The van der Waals surface area contributed by atoms with Crippen LogP contribution in [0.2, 0.25) is 0 Å². The van der Waals surface area contributed by atoms with Crippen molar-refractivity contribution in [3.63, 3.8) is 0 Å². The van der Waals surface area contributed by atoms with E-state index in [0.717, 1.165) is 38.2 Å². The van der Waals surface area contributed by atoms with E-state index in [0.29, 0.717) is 6.54 Å². The molecule has 1 aromatic rings. The molecule has 0 bridgehead atoms. The Morgan fingerprint density at radius 2 is 1.95 bits per heavy atom. The van der Waals surface area contributed by atoms with Gasteiger partial charge in [-0.15, -0.1) is 0 Å². The number of nitrogens with zero attached hydrogens (tertiary/aromatic N) is 1. The molecule has 0 unspecified atom stereocenters. The molecule has 0 aliphatic heterocycles. The predicted octanol–water partition coefficient (Wildman–Crippen LogP) is 3.46. The van der Waals surface area contributed by atoms with Gasteiger partial charge in [-0.1, -0.05) is 19.3 Å². The van der Waals surface area contributed by atoms with E-state index in [-0.39, 0.29) is 17.8 Å². The maximum Gasteiger partial charge on any atom is 0.419 e. The molecule has 0 radical (unpaired) electrons. The monoisotopic (exact) mass is 288 g/mol. The summed E-state index contributed by atoms with van der Waals surface area (Å²) >= 11 is 0. The minimum atomic E-state index is -4.42. The van der Waals surface area contributed by atoms with E-state index in [9.17, 15) is 18.3 Å². The third-order valence-electron chi connectivity index (χ3n) is 3.99. The Bertz CT molecular complexity index is 442. The number of aliphatic hydroxyl groups is 1. The number of hydrogen-bond acceptors (Lipinski definition) is 3. The van der Waals surface area contributed by atoms with Crippen LogP contribution in [-0.2, 0) is 6.18 Å². The molecule has 1 fully saturated rings. The van der Waals surface area contributed by atoms with Crippen LogP contribution in [0.25, 0.3) is 0 Å². The molecule has 2 rings (SSSR count). The van der Waals surface area contributed by atoms with E-state index in [1.54, 1.807) is 0 Å². The minimum Gasteiger partial charge on any atom is -0.396 e. The SMILES string of the molecule is OCC1(CNc2ncccc2C(F)(F)F)CCCCC1. The fraction of sp³-hybridized carbons (Fsp3) is 0.643. The van der Waals surface area contributed by atoms with Crippen LogP contribution in [0.5, 0.6) is 0 Å². The number of aliphatic hydroxyl groups excluding tert-OH is 1. The molecule has 1 aromatic heterocycles. The lowest BCUT2D eigenvalue weighted by Crippen LogP contribution is -2.36. The van der Waals surface area contributed by atoms with Gasteiger partial charge in [0.25, 0.3) is 0 Å². The Kier molecular flexibility index (Phi) is 4.52. The molecule has 0 spiro atoms. The number of alkyl halides is 3. The molecular weight excluding hydrogens is 269 g/mol. The van der Waals surface area contributed by atoms with Crippen molar-refractivity contribution >= 4 is 5.82 Å². The second kappa shape index (κ2) is 5.99. The average molecular weight is 288 g/mol. The van der Waals surface area contributed by atoms with Crippen LogP contribution in [0, 0.1) is 5.41 Å². The fourth-order valence-electron chi connectivity index (χ4n) is 2.74. The average Bonchev–Trinajstić information content (AvgIpc) is 2.45. The highest BCUT2D eigenvalue weighted by atomic mass is 19.4. The number of aromatic nitrogens is 1. The standard InChI is InChI=1S/C14H19F3N2O/c15-14(16,17)11-5-4-8-18-12(11)19-9-13(10-20)6-2-1-3-7-13/h4-5,8,20H,1-3,6-7,9-10H2,(H,18,19). The highest BCUT2D eigenvalue weighted by Gasteiger charge is 2.36. The predicted molar refractivity (Wildman–Crippen MR) is 70.3 cm³/mol. The van der Waals surface area contributed by atoms with Gasteiger partial charge in [0.05, 0.1) is 12.2 Å². The zero-order valence-corrected chi connectivity index (χ0v) is 11.2. The lowest BCUT2D eigenvalue weighted by Gasteiger charge is -2.36. The second-order valence-corrected chi connectivity index (χ2v) is 5.47. The summed E-state index contributed by atoms with van der Waals surface area (Å²) in [7, 11) is 0. The van der Waals surface area contributed by atoms with E-state index in [2.05, 4.69) is 10.3 Å². The van der Waals surface area contributed by atoms with Crippen LogP contribution in [0.4, 0.5) is 19.0 Å². The van der Waals surface area contributed by atoms with E-state index >= 15 is 0 Å². The van der Waals surface area contributed by atoms with Gasteiger partial charge >= 0.3 is 6.18 Å². The van der Waals surface area contributed by atoms with Crippen molar-refractivity contribution in [3.05, 3.63) is 23.9 Å². The number of pyridine rings is 1. The highest BCUT2D eigenvalue weighted by Crippen LogP contribution is 2.37. The molecule has 3 nitrogen and oxygen atoms in total. The van der Waals surface area contributed by atoms with Gasteiger partial charge < -0.3 is 10.4 Å². The Labute approximate surface area is 116 Å². The van der Waals surface area contributed by atoms with Crippen molar-refractivity contribution < 1.29 is 18.3 Å². The smallest absolute Gasteiger partial charge is 0.396 e. The largest absolute Gasteiger partial charge is 0.419 e. The maximum absolute atomic E-state index is 12.9. The number of rotatable bonds is 4. The number of nitrogens with one attached hydrogen (secondary N) is 1. The molecule has 112 valence electrons. The molecule has 1 heterocycles. The third-order valence-corrected chi connectivity index (χ3v) is 3.99. The van der Waals surface area contributed by atoms with Gasteiger partial charge in [-0.25, -0.2) is 4.98 Å². The summed E-state index contributed by atoms with van der Waals surface area (Å²) in [5, 5.41) is 12.4. The second-order valence-electron chi connectivity index (χ2n) is 5.47. The number of anilines is 1. The van der Waals surface area contributed by atoms with Crippen molar-refractivity contribution in [1.29, 1.82) is 0 Å². The van der Waals surface area contributed by atoms with Gasteiger partial charge in [0.1, 0.15) is 5.82 Å². The zero-order valence-electron chi connectivity index (χ0n) is 11.2. The van der Waals surface area contributed by atoms with E-state index < -0.39 is 11.7 Å². The topological polar surface area (TPSA) is 45.1 Å². The van der Waals surface area contributed by atoms with Crippen LogP contribution in [-0.4, -0.2) is 23.2 Å². The van der Waals surface area contributed by atoms with Crippen LogP contribution < -0.4 is 5.32 Å². The van der Waals surface area contributed by atoms with Crippen molar-refractivity contribution in [2.24, 2.45) is 5.41 Å². The van der Waals surface area contributed by atoms with E-state index in [1.165, 1.54) is 12.3 Å². The van der Waals surface area contributed by atoms with Gasteiger partial charge in [-0.05, 0) is 25.0 Å². The van der Waals surface area contributed by atoms with E-state index in [4.69, 9.17) is 0 Å². The minimum absolute atomic E-state index is 0.00577. The van der Waals surface area contributed by atoms with E-state index in [1.807, 2.05) is 0 Å². The first-order chi connectivity index (χ1) is 9.47. The first-order valence-corrected chi connectivity index (χ1v) is 6.84. The maximum atomic E-state index is 12.9. The molecule has 1 saturated carbocycles. The summed E-state index contributed by atoms with van der Waals surface area (Å²) < 4.78 is 38.6. The number of halogens is 3.